The van der Waals surface area contributed by atoms with Crippen molar-refractivity contribution in [1.82, 2.24) is 0 Å². The van der Waals surface area contributed by atoms with Crippen molar-refractivity contribution in [2.75, 3.05) is 0 Å². The maximum absolute atomic E-state index is 12.3. The van der Waals surface area contributed by atoms with Gasteiger partial charge in [-0.3, -0.25) is 0 Å². The van der Waals surface area contributed by atoms with Crippen molar-refractivity contribution in [3.8, 4) is 0 Å². The van der Waals surface area contributed by atoms with Crippen LogP contribution in [0.15, 0.2) is 24.8 Å². The molecular formula is C16H26O3. The summed E-state index contributed by atoms with van der Waals surface area (Å²) in [6.45, 7) is 15.2. The number of aliphatic hydroxyl groups is 1. The first-order valence-electron chi connectivity index (χ1n) is 6.87. The first kappa shape index (κ1) is 16.0. The summed E-state index contributed by atoms with van der Waals surface area (Å²) in [5, 5.41) is 10.9. The van der Waals surface area contributed by atoms with Gasteiger partial charge in [-0.25, -0.2) is 4.79 Å². The number of ether oxygens (including phenoxy) is 1. The van der Waals surface area contributed by atoms with Gasteiger partial charge in [-0.15, -0.1) is 6.58 Å². The molecule has 0 aromatic carbocycles. The van der Waals surface area contributed by atoms with Gasteiger partial charge in [0.05, 0.1) is 6.10 Å². The smallest absolute Gasteiger partial charge is 0.339 e. The third-order valence-electron chi connectivity index (χ3n) is 4.04. The summed E-state index contributed by atoms with van der Waals surface area (Å²) in [5.41, 5.74) is -0.900. The second-order valence-electron chi connectivity index (χ2n) is 6.35. The molecule has 1 N–H and O–H groups in total. The Morgan fingerprint density at radius 1 is 1.53 bits per heavy atom. The molecule has 0 bridgehead atoms. The van der Waals surface area contributed by atoms with E-state index in [2.05, 4.69) is 13.2 Å². The van der Waals surface area contributed by atoms with Crippen LogP contribution in [0.2, 0.25) is 0 Å². The van der Waals surface area contributed by atoms with Crippen molar-refractivity contribution in [2.24, 2.45) is 11.3 Å². The molecule has 1 fully saturated rings. The van der Waals surface area contributed by atoms with Crippen molar-refractivity contribution >= 4 is 5.97 Å². The molecule has 0 heterocycles. The summed E-state index contributed by atoms with van der Waals surface area (Å²) in [4.78, 5) is 12.3. The predicted molar refractivity (Wildman–Crippen MR) is 76.6 cm³/mol. The molecule has 3 atom stereocenters. The topological polar surface area (TPSA) is 46.5 Å². The molecule has 0 spiro atoms. The van der Waals surface area contributed by atoms with Crippen LogP contribution in [-0.2, 0) is 9.53 Å². The average Bonchev–Trinajstić information content (AvgIpc) is 2.27. The molecule has 1 saturated carbocycles. The fourth-order valence-corrected chi connectivity index (χ4v) is 2.90. The van der Waals surface area contributed by atoms with E-state index >= 15 is 0 Å². The van der Waals surface area contributed by atoms with Crippen LogP contribution in [0.1, 0.15) is 47.0 Å². The zero-order valence-corrected chi connectivity index (χ0v) is 12.5. The van der Waals surface area contributed by atoms with Gasteiger partial charge in [0.1, 0.15) is 0 Å². The lowest BCUT2D eigenvalue weighted by Gasteiger charge is -2.46. The molecule has 3 heteroatoms. The molecule has 0 radical (unpaired) electrons. The first-order valence-corrected chi connectivity index (χ1v) is 6.87. The second kappa shape index (κ2) is 5.49. The maximum atomic E-state index is 12.3. The molecule has 0 aromatic rings. The van der Waals surface area contributed by atoms with Crippen molar-refractivity contribution in [2.45, 2.75) is 58.7 Å². The van der Waals surface area contributed by atoms with E-state index in [4.69, 9.17) is 4.74 Å². The third-order valence-corrected chi connectivity index (χ3v) is 4.04. The number of esters is 1. The van der Waals surface area contributed by atoms with Gasteiger partial charge >= 0.3 is 5.97 Å². The van der Waals surface area contributed by atoms with Crippen molar-refractivity contribution in [3.63, 3.8) is 0 Å². The molecule has 0 saturated heterocycles. The van der Waals surface area contributed by atoms with Crippen LogP contribution in [0.3, 0.4) is 0 Å². The zero-order valence-electron chi connectivity index (χ0n) is 12.5. The number of allylic oxidation sites excluding steroid dienone is 1. The number of rotatable bonds is 4. The molecule has 0 unspecified atom stereocenters. The highest BCUT2D eigenvalue weighted by atomic mass is 16.6. The Morgan fingerprint density at radius 2 is 2.11 bits per heavy atom. The molecule has 0 aromatic heterocycles. The Balaban J connectivity index is 3.08. The lowest BCUT2D eigenvalue weighted by molar-refractivity contribution is -0.182. The van der Waals surface area contributed by atoms with Crippen LogP contribution in [0.5, 0.6) is 0 Å². The Hall–Kier alpha value is -1.09. The minimum Gasteiger partial charge on any atom is -0.461 e. The summed E-state index contributed by atoms with van der Waals surface area (Å²) < 4.78 is 5.25. The molecule has 1 rings (SSSR count). The third kappa shape index (κ3) is 3.27. The van der Waals surface area contributed by atoms with Crippen molar-refractivity contribution in [1.29, 1.82) is 0 Å². The van der Waals surface area contributed by atoms with Crippen LogP contribution in [0, 0.1) is 11.3 Å². The first-order chi connectivity index (χ1) is 8.64. The molecule has 1 aliphatic carbocycles. The standard InChI is InChI=1S/C16H26O3/c1-7-15(6)9-8-13(11(2)3)16(18,10-15)14(17)19-12(4)5/h7,12-13,18H,1-2,8-10H2,3-6H3/t13-,15+,16-/m1/s1. The van der Waals surface area contributed by atoms with Gasteiger partial charge in [0.25, 0.3) is 0 Å². The lowest BCUT2D eigenvalue weighted by atomic mass is 9.62. The monoisotopic (exact) mass is 266 g/mol. The lowest BCUT2D eigenvalue weighted by Crippen LogP contribution is -2.53. The molecule has 19 heavy (non-hydrogen) atoms. The van der Waals surface area contributed by atoms with E-state index in [-0.39, 0.29) is 17.4 Å². The van der Waals surface area contributed by atoms with Crippen LogP contribution < -0.4 is 0 Å². The number of carbonyl (C=O) groups is 1. The molecule has 3 nitrogen and oxygen atoms in total. The van der Waals surface area contributed by atoms with Gasteiger partial charge in [0, 0.05) is 5.92 Å². The fourth-order valence-electron chi connectivity index (χ4n) is 2.90. The molecular weight excluding hydrogens is 240 g/mol. The van der Waals surface area contributed by atoms with E-state index in [1.54, 1.807) is 13.8 Å². The zero-order chi connectivity index (χ0) is 14.8. The maximum Gasteiger partial charge on any atom is 0.339 e. The molecule has 0 aliphatic heterocycles. The number of carbonyl (C=O) groups excluding carboxylic acids is 1. The normalized spacial score (nSPS) is 34.9. The van der Waals surface area contributed by atoms with E-state index in [1.807, 2.05) is 19.9 Å². The average molecular weight is 266 g/mol. The fraction of sp³-hybridized carbons (Fsp3) is 0.688. The van der Waals surface area contributed by atoms with Crippen LogP contribution in [-0.4, -0.2) is 22.8 Å². The van der Waals surface area contributed by atoms with Crippen molar-refractivity contribution in [3.05, 3.63) is 24.8 Å². The van der Waals surface area contributed by atoms with Crippen LogP contribution in [0.4, 0.5) is 0 Å². The van der Waals surface area contributed by atoms with E-state index < -0.39 is 11.6 Å². The highest BCUT2D eigenvalue weighted by Crippen LogP contribution is 2.48. The minimum atomic E-state index is -1.49. The molecule has 1 aliphatic rings. The molecule has 108 valence electrons. The quantitative estimate of drug-likeness (QED) is 0.627. The Morgan fingerprint density at radius 3 is 2.53 bits per heavy atom. The Bertz CT molecular complexity index is 385. The van der Waals surface area contributed by atoms with Crippen molar-refractivity contribution < 1.29 is 14.6 Å². The largest absolute Gasteiger partial charge is 0.461 e. The summed E-state index contributed by atoms with van der Waals surface area (Å²) >= 11 is 0. The van der Waals surface area contributed by atoms with Crippen LogP contribution >= 0.6 is 0 Å². The SMILES string of the molecule is C=C[C@@]1(C)CC[C@H](C(=C)C)[C@@](O)(C(=O)OC(C)C)C1. The number of hydrogen-bond donors (Lipinski definition) is 1. The summed E-state index contributed by atoms with van der Waals surface area (Å²) in [6, 6.07) is 0. The summed E-state index contributed by atoms with van der Waals surface area (Å²) in [5.74, 6) is -0.782. The van der Waals surface area contributed by atoms with Gasteiger partial charge in [0.2, 0.25) is 0 Å². The second-order valence-corrected chi connectivity index (χ2v) is 6.35. The summed E-state index contributed by atoms with van der Waals surface area (Å²) in [7, 11) is 0. The highest BCUT2D eigenvalue weighted by molar-refractivity contribution is 5.80. The van der Waals surface area contributed by atoms with E-state index in [1.165, 1.54) is 0 Å². The van der Waals surface area contributed by atoms with Crippen LogP contribution in [0.25, 0.3) is 0 Å². The van der Waals surface area contributed by atoms with Gasteiger partial charge < -0.3 is 9.84 Å². The van der Waals surface area contributed by atoms with Gasteiger partial charge in [-0.05, 0) is 45.4 Å². The van der Waals surface area contributed by atoms with Gasteiger partial charge in [0.15, 0.2) is 5.60 Å². The summed E-state index contributed by atoms with van der Waals surface area (Å²) in [6.07, 6.45) is 3.55. The Kier molecular flexibility index (Phi) is 4.62. The van der Waals surface area contributed by atoms with Gasteiger partial charge in [-0.2, -0.15) is 0 Å². The predicted octanol–water partition coefficient (Wildman–Crippen LogP) is 3.24. The number of hydrogen-bond acceptors (Lipinski definition) is 3. The van der Waals surface area contributed by atoms with Gasteiger partial charge in [-0.1, -0.05) is 25.2 Å². The highest BCUT2D eigenvalue weighted by Gasteiger charge is 2.52. The van der Waals surface area contributed by atoms with E-state index in [0.717, 1.165) is 18.4 Å². The minimum absolute atomic E-state index is 0.237. The van der Waals surface area contributed by atoms with E-state index in [0.29, 0.717) is 6.42 Å². The molecule has 0 amide bonds. The van der Waals surface area contributed by atoms with E-state index in [9.17, 15) is 9.90 Å². The Labute approximate surface area is 116 Å².